The van der Waals surface area contributed by atoms with E-state index in [-0.39, 0.29) is 6.61 Å². The average Bonchev–Trinajstić information content (AvgIpc) is 2.97. The molecule has 0 spiro atoms. The van der Waals surface area contributed by atoms with Crippen molar-refractivity contribution in [3.8, 4) is 23.0 Å². The first kappa shape index (κ1) is 26.0. The van der Waals surface area contributed by atoms with Crippen molar-refractivity contribution in [2.75, 3.05) is 13.7 Å². The molecule has 0 saturated carbocycles. The molecule has 1 N–H and O–H groups in total. The standard InChI is InChI=1S/C30H26N2O6/c1-35-25-13-9-24(10-14-25)30(34)38-28-11-7-22(8-12-28)19-31-32-29(33)21-37-27-17-15-26(16-18-27)36-20-23-5-3-2-4-6-23/h2-19H,20-21H2,1H3,(H,32,33)/b31-19+. The van der Waals surface area contributed by atoms with Crippen LogP contribution in [0.2, 0.25) is 0 Å². The highest BCUT2D eigenvalue weighted by Gasteiger charge is 2.09. The van der Waals surface area contributed by atoms with Gasteiger partial charge in [-0.1, -0.05) is 30.3 Å². The van der Waals surface area contributed by atoms with Gasteiger partial charge in [0.25, 0.3) is 5.91 Å². The lowest BCUT2D eigenvalue weighted by Gasteiger charge is -2.08. The molecule has 192 valence electrons. The predicted molar refractivity (Wildman–Crippen MR) is 143 cm³/mol. The van der Waals surface area contributed by atoms with E-state index in [0.717, 1.165) is 5.56 Å². The molecule has 0 aliphatic rings. The van der Waals surface area contributed by atoms with Gasteiger partial charge in [0.15, 0.2) is 6.61 Å². The lowest BCUT2D eigenvalue weighted by Crippen LogP contribution is -2.24. The molecule has 0 bridgehead atoms. The number of esters is 1. The van der Waals surface area contributed by atoms with Crippen molar-refractivity contribution in [3.05, 3.63) is 120 Å². The molecular formula is C30H26N2O6. The number of amides is 1. The topological polar surface area (TPSA) is 95.5 Å². The van der Waals surface area contributed by atoms with Crippen molar-refractivity contribution >= 4 is 18.1 Å². The summed E-state index contributed by atoms with van der Waals surface area (Å²) >= 11 is 0. The van der Waals surface area contributed by atoms with Gasteiger partial charge in [-0.2, -0.15) is 5.10 Å². The van der Waals surface area contributed by atoms with Crippen LogP contribution < -0.4 is 24.4 Å². The van der Waals surface area contributed by atoms with Crippen LogP contribution in [0.3, 0.4) is 0 Å². The van der Waals surface area contributed by atoms with Crippen LogP contribution in [0.5, 0.6) is 23.0 Å². The van der Waals surface area contributed by atoms with Gasteiger partial charge in [-0.25, -0.2) is 10.2 Å². The molecule has 0 aromatic heterocycles. The normalized spacial score (nSPS) is 10.6. The third-order valence-corrected chi connectivity index (χ3v) is 5.26. The molecule has 0 atom stereocenters. The van der Waals surface area contributed by atoms with Crippen LogP contribution in [-0.4, -0.2) is 31.8 Å². The summed E-state index contributed by atoms with van der Waals surface area (Å²) in [5, 5.41) is 3.93. The summed E-state index contributed by atoms with van der Waals surface area (Å²) < 4.78 is 21.7. The molecule has 0 fully saturated rings. The van der Waals surface area contributed by atoms with Crippen molar-refractivity contribution < 1.29 is 28.5 Å². The zero-order chi connectivity index (χ0) is 26.6. The number of benzene rings is 4. The van der Waals surface area contributed by atoms with Gasteiger partial charge < -0.3 is 18.9 Å². The molecule has 0 saturated heterocycles. The minimum atomic E-state index is -0.476. The number of hydrogen-bond acceptors (Lipinski definition) is 7. The Kier molecular flexibility index (Phi) is 9.07. The Morgan fingerprint density at radius 1 is 0.737 bits per heavy atom. The number of carbonyl (C=O) groups is 2. The minimum absolute atomic E-state index is 0.193. The van der Waals surface area contributed by atoms with E-state index < -0.39 is 11.9 Å². The first-order chi connectivity index (χ1) is 18.6. The maximum atomic E-state index is 12.3. The zero-order valence-electron chi connectivity index (χ0n) is 20.7. The van der Waals surface area contributed by atoms with Gasteiger partial charge in [-0.3, -0.25) is 4.79 Å². The first-order valence-corrected chi connectivity index (χ1v) is 11.8. The third-order valence-electron chi connectivity index (χ3n) is 5.26. The van der Waals surface area contributed by atoms with Crippen molar-refractivity contribution in [2.24, 2.45) is 5.10 Å². The second-order valence-corrected chi connectivity index (χ2v) is 8.01. The number of carbonyl (C=O) groups excluding carboxylic acids is 2. The largest absolute Gasteiger partial charge is 0.497 e. The Morgan fingerprint density at radius 3 is 2.00 bits per heavy atom. The van der Waals surface area contributed by atoms with Crippen molar-refractivity contribution in [1.82, 2.24) is 5.43 Å². The number of rotatable bonds is 11. The number of hydrazone groups is 1. The van der Waals surface area contributed by atoms with Gasteiger partial charge in [0.2, 0.25) is 0 Å². The highest BCUT2D eigenvalue weighted by molar-refractivity contribution is 5.91. The van der Waals surface area contributed by atoms with Crippen LogP contribution >= 0.6 is 0 Å². The van der Waals surface area contributed by atoms with Gasteiger partial charge in [-0.15, -0.1) is 0 Å². The molecule has 4 aromatic carbocycles. The van der Waals surface area contributed by atoms with Gasteiger partial charge in [-0.05, 0) is 83.9 Å². The monoisotopic (exact) mass is 510 g/mol. The third kappa shape index (κ3) is 7.96. The van der Waals surface area contributed by atoms with Gasteiger partial charge in [0.05, 0.1) is 18.9 Å². The number of methoxy groups -OCH3 is 1. The summed E-state index contributed by atoms with van der Waals surface area (Å²) in [6.45, 7) is 0.279. The molecule has 1 amide bonds. The van der Waals surface area contributed by atoms with Crippen LogP contribution in [0.1, 0.15) is 21.5 Å². The van der Waals surface area contributed by atoms with Crippen molar-refractivity contribution in [1.29, 1.82) is 0 Å². The molecule has 8 nitrogen and oxygen atoms in total. The molecule has 4 aromatic rings. The number of hydrogen-bond donors (Lipinski definition) is 1. The summed E-state index contributed by atoms with van der Waals surface area (Å²) in [5.74, 6) is 1.40. The van der Waals surface area contributed by atoms with Crippen LogP contribution in [-0.2, 0) is 11.4 Å². The molecule has 4 rings (SSSR count). The van der Waals surface area contributed by atoms with Gasteiger partial charge in [0, 0.05) is 0 Å². The minimum Gasteiger partial charge on any atom is -0.497 e. The smallest absolute Gasteiger partial charge is 0.343 e. The molecule has 0 aliphatic heterocycles. The molecule has 8 heteroatoms. The van der Waals surface area contributed by atoms with E-state index in [0.29, 0.717) is 40.7 Å². The maximum Gasteiger partial charge on any atom is 0.343 e. The predicted octanol–water partition coefficient (Wildman–Crippen LogP) is 5.02. The summed E-state index contributed by atoms with van der Waals surface area (Å²) in [7, 11) is 1.56. The van der Waals surface area contributed by atoms with Gasteiger partial charge >= 0.3 is 5.97 Å². The zero-order valence-corrected chi connectivity index (χ0v) is 20.7. The summed E-state index contributed by atoms with van der Waals surface area (Å²) in [4.78, 5) is 24.3. The van der Waals surface area contributed by atoms with Crippen molar-refractivity contribution in [3.63, 3.8) is 0 Å². The van der Waals surface area contributed by atoms with Crippen LogP contribution in [0, 0.1) is 0 Å². The van der Waals surface area contributed by atoms with E-state index in [1.807, 2.05) is 30.3 Å². The Hall–Kier alpha value is -5.11. The number of nitrogens with one attached hydrogen (secondary N) is 1. The Bertz CT molecular complexity index is 1350. The Labute approximate surface area is 220 Å². The lowest BCUT2D eigenvalue weighted by atomic mass is 10.2. The first-order valence-electron chi connectivity index (χ1n) is 11.8. The molecule has 0 heterocycles. The fourth-order valence-electron chi connectivity index (χ4n) is 3.25. The second kappa shape index (κ2) is 13.3. The quantitative estimate of drug-likeness (QED) is 0.132. The van der Waals surface area contributed by atoms with Crippen LogP contribution in [0.15, 0.2) is 108 Å². The molecule has 0 radical (unpaired) electrons. The number of ether oxygens (including phenoxy) is 4. The van der Waals surface area contributed by atoms with E-state index in [1.54, 1.807) is 79.9 Å². The molecule has 38 heavy (non-hydrogen) atoms. The second-order valence-electron chi connectivity index (χ2n) is 8.01. The fraction of sp³-hybridized carbons (Fsp3) is 0.100. The Balaban J connectivity index is 1.17. The van der Waals surface area contributed by atoms with E-state index in [4.69, 9.17) is 18.9 Å². The molecule has 0 unspecified atom stereocenters. The highest BCUT2D eigenvalue weighted by Crippen LogP contribution is 2.19. The average molecular weight is 511 g/mol. The van der Waals surface area contributed by atoms with E-state index in [9.17, 15) is 9.59 Å². The van der Waals surface area contributed by atoms with Gasteiger partial charge in [0.1, 0.15) is 29.6 Å². The maximum absolute atomic E-state index is 12.3. The summed E-state index contributed by atoms with van der Waals surface area (Å²) in [6, 6.07) is 30.3. The Morgan fingerprint density at radius 2 is 1.34 bits per heavy atom. The number of nitrogens with zero attached hydrogens (tertiary/aromatic N) is 1. The molecule has 0 aliphatic carbocycles. The van der Waals surface area contributed by atoms with Crippen LogP contribution in [0.25, 0.3) is 0 Å². The van der Waals surface area contributed by atoms with Crippen molar-refractivity contribution in [2.45, 2.75) is 6.61 Å². The van der Waals surface area contributed by atoms with E-state index >= 15 is 0 Å². The highest BCUT2D eigenvalue weighted by atomic mass is 16.5. The summed E-state index contributed by atoms with van der Waals surface area (Å²) in [6.07, 6.45) is 1.48. The fourth-order valence-corrected chi connectivity index (χ4v) is 3.25. The van der Waals surface area contributed by atoms with E-state index in [2.05, 4.69) is 10.5 Å². The lowest BCUT2D eigenvalue weighted by molar-refractivity contribution is -0.123. The molecular weight excluding hydrogens is 484 g/mol. The summed E-state index contributed by atoms with van der Waals surface area (Å²) in [5.41, 5.74) is 4.61. The van der Waals surface area contributed by atoms with Crippen LogP contribution in [0.4, 0.5) is 0 Å². The van der Waals surface area contributed by atoms with E-state index in [1.165, 1.54) is 6.21 Å². The SMILES string of the molecule is COc1ccc(C(=O)Oc2ccc(/C=N/NC(=O)COc3ccc(OCc4ccccc4)cc3)cc2)cc1.